The summed E-state index contributed by atoms with van der Waals surface area (Å²) in [7, 11) is 0. The zero-order chi connectivity index (χ0) is 10.1. The predicted molar refractivity (Wildman–Crippen MR) is 56.8 cm³/mol. The molecule has 14 heavy (non-hydrogen) atoms. The topological polar surface area (TPSA) is 23.8 Å². The molecule has 0 heterocycles. The molecule has 0 amide bonds. The first kappa shape index (κ1) is 9.27. The molecule has 0 bridgehead atoms. The van der Waals surface area contributed by atoms with Crippen LogP contribution in [-0.2, 0) is 0 Å². The molecule has 0 spiro atoms. The molecule has 0 saturated heterocycles. The van der Waals surface area contributed by atoms with E-state index in [0.29, 0.717) is 0 Å². The summed E-state index contributed by atoms with van der Waals surface area (Å²) < 4.78 is 0. The maximum Gasteiger partial charge on any atom is 0.0991 e. The van der Waals surface area contributed by atoms with E-state index in [1.54, 1.807) is 0 Å². The molecule has 0 N–H and O–H groups in total. The second kappa shape index (κ2) is 3.46. The third-order valence-electron chi connectivity index (χ3n) is 2.74. The summed E-state index contributed by atoms with van der Waals surface area (Å²) in [6.07, 6.45) is 2.62. The molecule has 0 atom stereocenters. The van der Waals surface area contributed by atoms with Crippen LogP contribution in [0.2, 0.25) is 0 Å². The van der Waals surface area contributed by atoms with Gasteiger partial charge in [0.1, 0.15) is 0 Å². The molecule has 1 fully saturated rings. The number of hydrogen-bond donors (Lipinski definition) is 0. The van der Waals surface area contributed by atoms with Crippen LogP contribution in [0.4, 0.5) is 0 Å². The van der Waals surface area contributed by atoms with Crippen LogP contribution in [0.5, 0.6) is 0 Å². The quantitative estimate of drug-likeness (QED) is 0.691. The van der Waals surface area contributed by atoms with Crippen molar-refractivity contribution in [3.63, 3.8) is 0 Å². The molecule has 1 aromatic carbocycles. The Morgan fingerprint density at radius 3 is 2.57 bits per heavy atom. The van der Waals surface area contributed by atoms with Gasteiger partial charge in [0.2, 0.25) is 0 Å². The zero-order valence-corrected chi connectivity index (χ0v) is 8.67. The monoisotopic (exact) mass is 184 g/mol. The number of hydrogen-bond acceptors (Lipinski definition) is 1. The van der Waals surface area contributed by atoms with Gasteiger partial charge in [-0.2, -0.15) is 5.26 Å². The van der Waals surface area contributed by atoms with Crippen molar-refractivity contribution >= 4 is 0 Å². The van der Waals surface area contributed by atoms with E-state index >= 15 is 0 Å². The van der Waals surface area contributed by atoms with E-state index in [9.17, 15) is 0 Å². The number of benzene rings is 1. The Kier molecular flexibility index (Phi) is 2.29. The summed E-state index contributed by atoms with van der Waals surface area (Å²) in [6, 6.07) is 8.27. The lowest BCUT2D eigenvalue weighted by Gasteiger charge is -2.11. The number of nitrogens with zero attached hydrogens (tertiary/aromatic N) is 1. The summed E-state index contributed by atoms with van der Waals surface area (Å²) in [5.41, 5.74) is 3.49. The van der Waals surface area contributed by atoms with Crippen molar-refractivity contribution in [3.8, 4) is 6.07 Å². The summed E-state index contributed by atoms with van der Waals surface area (Å²) in [5, 5.41) is 8.83. The van der Waals surface area contributed by atoms with E-state index in [-0.39, 0.29) is 0 Å². The fraction of sp³-hybridized carbons (Fsp3) is 0.385. The van der Waals surface area contributed by atoms with Gasteiger partial charge in [-0.25, -0.2) is 0 Å². The first-order chi connectivity index (χ1) is 6.72. The summed E-state index contributed by atoms with van der Waals surface area (Å²) in [6.45, 7) is 4.23. The second-order valence-electron chi connectivity index (χ2n) is 4.19. The van der Waals surface area contributed by atoms with Gasteiger partial charge in [-0.3, -0.25) is 0 Å². The van der Waals surface area contributed by atoms with Crippen LogP contribution in [0.15, 0.2) is 18.2 Å². The minimum absolute atomic E-state index is 0.757. The van der Waals surface area contributed by atoms with Crippen LogP contribution in [0, 0.1) is 17.2 Å². The first-order valence-electron chi connectivity index (χ1n) is 5.07. The third-order valence-corrected chi connectivity index (χ3v) is 2.74. The highest BCUT2D eigenvalue weighted by atomic mass is 14.3. The Morgan fingerprint density at radius 2 is 2.07 bits per heavy atom. The van der Waals surface area contributed by atoms with Crippen molar-refractivity contribution in [3.05, 3.63) is 40.8 Å². The highest BCUT2D eigenvalue weighted by molar-refractivity contribution is 5.46. The van der Waals surface area contributed by atoms with Gasteiger partial charge in [0, 0.05) is 0 Å². The van der Waals surface area contributed by atoms with Crippen LogP contribution in [0.25, 0.3) is 0 Å². The molecule has 1 aliphatic rings. The molecule has 1 heteroatoms. The first-order valence-corrected chi connectivity index (χ1v) is 5.07. The molecule has 0 aliphatic heterocycles. The summed E-state index contributed by atoms with van der Waals surface area (Å²) in [4.78, 5) is 0. The van der Waals surface area contributed by atoms with Crippen molar-refractivity contribution < 1.29 is 0 Å². The van der Waals surface area contributed by atoms with Crippen molar-refractivity contribution in [1.29, 1.82) is 5.26 Å². The molecular formula is C13H14N. The van der Waals surface area contributed by atoms with Crippen LogP contribution in [0.1, 0.15) is 49.3 Å². The fourth-order valence-corrected chi connectivity index (χ4v) is 1.81. The third kappa shape index (κ3) is 1.65. The van der Waals surface area contributed by atoms with Crippen molar-refractivity contribution in [2.24, 2.45) is 0 Å². The smallest absolute Gasteiger partial charge is 0.0991 e. The number of nitriles is 1. The van der Waals surface area contributed by atoms with Gasteiger partial charge >= 0.3 is 0 Å². The predicted octanol–water partition coefficient (Wildman–Crippen LogP) is 3.40. The lowest BCUT2D eigenvalue weighted by atomic mass is 9.93. The van der Waals surface area contributed by atoms with E-state index in [0.717, 1.165) is 11.5 Å². The molecule has 1 aliphatic carbocycles. The molecule has 1 aromatic rings. The number of rotatable bonds is 2. The average molecular weight is 184 g/mol. The standard InChI is InChI=1S/C13H14N/c1-9(2)13-7-10(8-14)3-6-12(13)11-4-5-11/h3,6-7,11H,4-5H2,1-2H3. The molecule has 1 nitrogen and oxygen atoms in total. The highest BCUT2D eigenvalue weighted by Crippen LogP contribution is 2.43. The molecule has 71 valence electrons. The van der Waals surface area contributed by atoms with E-state index < -0.39 is 0 Å². The molecular weight excluding hydrogens is 170 g/mol. The maximum atomic E-state index is 8.83. The largest absolute Gasteiger partial charge is 0.192 e. The molecule has 0 unspecified atom stereocenters. The minimum atomic E-state index is 0.757. The summed E-state index contributed by atoms with van der Waals surface area (Å²) >= 11 is 0. The van der Waals surface area contributed by atoms with E-state index in [1.165, 1.54) is 29.9 Å². The Hall–Kier alpha value is -1.29. The molecule has 2 rings (SSSR count). The highest BCUT2D eigenvalue weighted by Gasteiger charge is 2.26. The Bertz CT molecular complexity index is 381. The minimum Gasteiger partial charge on any atom is -0.192 e. The van der Waals surface area contributed by atoms with Gasteiger partial charge in [0.15, 0.2) is 0 Å². The van der Waals surface area contributed by atoms with Gasteiger partial charge in [0.05, 0.1) is 11.6 Å². The van der Waals surface area contributed by atoms with E-state index in [4.69, 9.17) is 5.26 Å². The lowest BCUT2D eigenvalue weighted by Crippen LogP contribution is -1.96. The van der Waals surface area contributed by atoms with E-state index in [1.807, 2.05) is 12.1 Å². The Balaban J connectivity index is 2.44. The maximum absolute atomic E-state index is 8.83. The molecule has 1 saturated carbocycles. The molecule has 0 aromatic heterocycles. The SMILES string of the molecule is C[C](C)c1cc(C#N)ccc1C1CC1. The van der Waals surface area contributed by atoms with E-state index in [2.05, 4.69) is 26.0 Å². The second-order valence-corrected chi connectivity index (χ2v) is 4.19. The van der Waals surface area contributed by atoms with Gasteiger partial charge < -0.3 is 0 Å². The Morgan fingerprint density at radius 1 is 1.36 bits per heavy atom. The van der Waals surface area contributed by atoms with Crippen LogP contribution in [0.3, 0.4) is 0 Å². The van der Waals surface area contributed by atoms with Crippen molar-refractivity contribution in [1.82, 2.24) is 0 Å². The van der Waals surface area contributed by atoms with Gasteiger partial charge in [-0.1, -0.05) is 19.9 Å². The van der Waals surface area contributed by atoms with Crippen molar-refractivity contribution in [2.45, 2.75) is 32.6 Å². The van der Waals surface area contributed by atoms with Gasteiger partial charge in [-0.05, 0) is 47.9 Å². The van der Waals surface area contributed by atoms with Gasteiger partial charge in [0.25, 0.3) is 0 Å². The van der Waals surface area contributed by atoms with Crippen LogP contribution in [-0.4, -0.2) is 0 Å². The Labute approximate surface area is 85.4 Å². The lowest BCUT2D eigenvalue weighted by molar-refractivity contribution is 1.04. The van der Waals surface area contributed by atoms with Crippen LogP contribution < -0.4 is 0 Å². The van der Waals surface area contributed by atoms with Gasteiger partial charge in [-0.15, -0.1) is 0 Å². The normalized spacial score (nSPS) is 15.6. The zero-order valence-electron chi connectivity index (χ0n) is 8.67. The fourth-order valence-electron chi connectivity index (χ4n) is 1.81. The van der Waals surface area contributed by atoms with Crippen LogP contribution >= 0.6 is 0 Å². The summed E-state index contributed by atoms with van der Waals surface area (Å²) in [5.74, 6) is 2.07. The average Bonchev–Trinajstić information content (AvgIpc) is 3.00. The van der Waals surface area contributed by atoms with Crippen molar-refractivity contribution in [2.75, 3.05) is 0 Å². The molecule has 1 radical (unpaired) electrons.